The van der Waals surface area contributed by atoms with Crippen LogP contribution in [0.5, 0.6) is 0 Å². The van der Waals surface area contributed by atoms with Crippen molar-refractivity contribution in [2.75, 3.05) is 17.7 Å². The highest BCUT2D eigenvalue weighted by Gasteiger charge is 2.13. The largest absolute Gasteiger partial charge is 0.344 e. The van der Waals surface area contributed by atoms with E-state index >= 15 is 0 Å². The molecule has 2 aromatic rings. The number of aromatic amines is 1. The molecule has 0 spiro atoms. The summed E-state index contributed by atoms with van der Waals surface area (Å²) in [5, 5.41) is 8.92. The van der Waals surface area contributed by atoms with Crippen molar-refractivity contribution < 1.29 is 4.79 Å². The molecule has 1 heterocycles. The van der Waals surface area contributed by atoms with Crippen LogP contribution in [0.4, 0.5) is 21.2 Å². The number of H-pyrrole nitrogens is 1. The lowest BCUT2D eigenvalue weighted by atomic mass is 10.3. The van der Waals surface area contributed by atoms with Gasteiger partial charge >= 0.3 is 6.03 Å². The molecule has 106 valence electrons. The summed E-state index contributed by atoms with van der Waals surface area (Å²) >= 11 is 10.4. The Balaban J connectivity index is 2.27. The molecule has 6 nitrogen and oxygen atoms in total. The van der Waals surface area contributed by atoms with Crippen molar-refractivity contribution in [3.05, 3.63) is 38.0 Å². The molecular formula is C11H10BrClN4O2S. The average molecular weight is 378 g/mol. The first kappa shape index (κ1) is 14.9. The van der Waals surface area contributed by atoms with Crippen LogP contribution >= 0.6 is 39.1 Å². The summed E-state index contributed by atoms with van der Waals surface area (Å²) in [6.07, 6.45) is 0. The Bertz CT molecular complexity index is 700. The van der Waals surface area contributed by atoms with Crippen LogP contribution in [-0.2, 0) is 0 Å². The topological polar surface area (TPSA) is 86.0 Å². The van der Waals surface area contributed by atoms with Crippen LogP contribution in [0, 0.1) is 0 Å². The molecule has 0 fully saturated rings. The minimum absolute atomic E-state index is 0.161. The number of amides is 2. The predicted molar refractivity (Wildman–Crippen MR) is 85.5 cm³/mol. The number of rotatable bonds is 3. The molecule has 4 N–H and O–H groups in total. The lowest BCUT2D eigenvalue weighted by molar-refractivity contribution is 0.254. The number of carbonyl (C=O) groups is 1. The molecule has 1 aromatic carbocycles. The molecule has 2 rings (SSSR count). The van der Waals surface area contributed by atoms with Crippen molar-refractivity contribution in [3.63, 3.8) is 0 Å². The first-order chi connectivity index (χ1) is 9.51. The summed E-state index contributed by atoms with van der Waals surface area (Å²) in [7, 11) is 1.47. The van der Waals surface area contributed by atoms with Gasteiger partial charge in [0.25, 0.3) is 5.56 Å². The fraction of sp³-hybridized carbons (Fsp3) is 0.0909. The summed E-state index contributed by atoms with van der Waals surface area (Å²) in [5.74, 6) is 0. The van der Waals surface area contributed by atoms with Gasteiger partial charge in [0, 0.05) is 17.2 Å². The third-order valence-corrected chi connectivity index (χ3v) is 4.37. The minimum Gasteiger partial charge on any atom is -0.344 e. The molecular weight excluding hydrogens is 368 g/mol. The van der Waals surface area contributed by atoms with Crippen molar-refractivity contribution in [1.82, 2.24) is 9.69 Å². The molecule has 2 amide bonds. The molecule has 0 radical (unpaired) electrons. The Labute approximate surface area is 131 Å². The Morgan fingerprint density at radius 3 is 2.85 bits per heavy atom. The standard InChI is InChI=1S/C11H10BrClN4O2S/c1-14-11(19)16-8-9(18)17-20-10(8)15-5-2-3-6(12)7(13)4-5/h2-4,15H,1H3,(H,17,18)(H2,14,16,19). The predicted octanol–water partition coefficient (Wildman–Crippen LogP) is 3.35. The number of urea groups is 1. The van der Waals surface area contributed by atoms with Crippen molar-refractivity contribution in [1.29, 1.82) is 0 Å². The SMILES string of the molecule is CNC(=O)Nc1c(Nc2ccc(Br)c(Cl)c2)s[nH]c1=O. The van der Waals surface area contributed by atoms with Gasteiger partial charge < -0.3 is 16.0 Å². The highest BCUT2D eigenvalue weighted by atomic mass is 79.9. The maximum atomic E-state index is 11.6. The van der Waals surface area contributed by atoms with Gasteiger partial charge in [-0.1, -0.05) is 11.6 Å². The van der Waals surface area contributed by atoms with E-state index in [0.717, 1.165) is 16.0 Å². The fourth-order valence-electron chi connectivity index (χ4n) is 1.39. The molecule has 0 unspecified atom stereocenters. The lowest BCUT2D eigenvalue weighted by Gasteiger charge is -2.08. The number of hydrogen-bond acceptors (Lipinski definition) is 4. The number of carbonyl (C=O) groups excluding carboxylic acids is 1. The summed E-state index contributed by atoms with van der Waals surface area (Å²) in [6.45, 7) is 0. The van der Waals surface area contributed by atoms with E-state index < -0.39 is 6.03 Å². The van der Waals surface area contributed by atoms with Gasteiger partial charge in [0.05, 0.1) is 5.02 Å². The van der Waals surface area contributed by atoms with Gasteiger partial charge in [-0.05, 0) is 45.7 Å². The third kappa shape index (κ3) is 3.33. The van der Waals surface area contributed by atoms with Gasteiger partial charge in [-0.3, -0.25) is 9.17 Å². The summed E-state index contributed by atoms with van der Waals surface area (Å²) in [4.78, 5) is 23.0. The minimum atomic E-state index is -0.467. The van der Waals surface area contributed by atoms with E-state index in [4.69, 9.17) is 11.6 Å². The zero-order chi connectivity index (χ0) is 14.7. The van der Waals surface area contributed by atoms with E-state index in [1.54, 1.807) is 18.2 Å². The molecule has 0 aliphatic rings. The smallest absolute Gasteiger partial charge is 0.319 e. The molecule has 0 atom stereocenters. The van der Waals surface area contributed by atoms with Crippen LogP contribution in [0.2, 0.25) is 5.02 Å². The van der Waals surface area contributed by atoms with Gasteiger partial charge in [0.15, 0.2) is 0 Å². The number of halogens is 2. The van der Waals surface area contributed by atoms with Gasteiger partial charge in [0.2, 0.25) is 0 Å². The van der Waals surface area contributed by atoms with Gasteiger partial charge in [-0.15, -0.1) is 0 Å². The average Bonchev–Trinajstić information content (AvgIpc) is 2.75. The van der Waals surface area contributed by atoms with E-state index in [1.807, 2.05) is 0 Å². The van der Waals surface area contributed by atoms with Crippen molar-refractivity contribution in [3.8, 4) is 0 Å². The van der Waals surface area contributed by atoms with Gasteiger partial charge in [-0.2, -0.15) is 0 Å². The van der Waals surface area contributed by atoms with E-state index in [0.29, 0.717) is 15.7 Å². The second kappa shape index (κ2) is 6.29. The Morgan fingerprint density at radius 1 is 1.45 bits per heavy atom. The lowest BCUT2D eigenvalue weighted by Crippen LogP contribution is -2.27. The van der Waals surface area contributed by atoms with Gasteiger partial charge in [-0.25, -0.2) is 4.79 Å². The first-order valence-electron chi connectivity index (χ1n) is 5.43. The number of hydrogen-bond donors (Lipinski definition) is 4. The maximum Gasteiger partial charge on any atom is 0.319 e. The normalized spacial score (nSPS) is 10.2. The van der Waals surface area contributed by atoms with Crippen molar-refractivity contribution >= 4 is 61.5 Å². The number of aromatic nitrogens is 1. The van der Waals surface area contributed by atoms with Crippen molar-refractivity contribution in [2.24, 2.45) is 0 Å². The first-order valence-corrected chi connectivity index (χ1v) is 7.42. The van der Waals surface area contributed by atoms with Crippen LogP contribution in [0.25, 0.3) is 0 Å². The molecule has 1 aromatic heterocycles. The zero-order valence-electron chi connectivity index (χ0n) is 10.2. The zero-order valence-corrected chi connectivity index (χ0v) is 13.4. The summed E-state index contributed by atoms with van der Waals surface area (Å²) in [6, 6.07) is 4.82. The summed E-state index contributed by atoms with van der Waals surface area (Å²) < 4.78 is 3.33. The molecule has 0 saturated carbocycles. The molecule has 0 aliphatic carbocycles. The molecule has 0 bridgehead atoms. The Kier molecular flexibility index (Phi) is 4.69. The third-order valence-electron chi connectivity index (χ3n) is 2.34. The van der Waals surface area contributed by atoms with Gasteiger partial charge in [0.1, 0.15) is 10.7 Å². The maximum absolute atomic E-state index is 11.6. The van der Waals surface area contributed by atoms with Crippen LogP contribution in [0.15, 0.2) is 27.5 Å². The number of benzene rings is 1. The van der Waals surface area contributed by atoms with E-state index in [9.17, 15) is 9.59 Å². The van der Waals surface area contributed by atoms with Crippen LogP contribution in [0.1, 0.15) is 0 Å². The summed E-state index contributed by atoms with van der Waals surface area (Å²) in [5.41, 5.74) is 0.492. The molecule has 20 heavy (non-hydrogen) atoms. The van der Waals surface area contributed by atoms with Crippen LogP contribution < -0.4 is 21.5 Å². The molecule has 9 heteroatoms. The highest BCUT2D eigenvalue weighted by Crippen LogP contribution is 2.30. The fourth-order valence-corrected chi connectivity index (χ4v) is 2.52. The van der Waals surface area contributed by atoms with Crippen molar-refractivity contribution in [2.45, 2.75) is 0 Å². The quantitative estimate of drug-likeness (QED) is 0.661. The van der Waals surface area contributed by atoms with E-state index in [2.05, 4.69) is 36.3 Å². The Morgan fingerprint density at radius 2 is 2.20 bits per heavy atom. The number of anilines is 3. The van der Waals surface area contributed by atoms with E-state index in [-0.39, 0.29) is 11.2 Å². The Hall–Kier alpha value is -1.51. The van der Waals surface area contributed by atoms with Crippen LogP contribution in [0.3, 0.4) is 0 Å². The second-order valence-corrected chi connectivity index (χ2v) is 5.77. The monoisotopic (exact) mass is 376 g/mol. The van der Waals surface area contributed by atoms with E-state index in [1.165, 1.54) is 7.05 Å². The molecule has 0 saturated heterocycles. The second-order valence-electron chi connectivity index (χ2n) is 3.70. The van der Waals surface area contributed by atoms with Crippen LogP contribution in [-0.4, -0.2) is 17.5 Å². The molecule has 0 aliphatic heterocycles. The highest BCUT2D eigenvalue weighted by molar-refractivity contribution is 9.10. The number of nitrogens with one attached hydrogen (secondary N) is 4.